The molecule has 5 nitrogen and oxygen atoms in total. The van der Waals surface area contributed by atoms with E-state index >= 15 is 0 Å². The minimum Gasteiger partial charge on any atom is -0.451 e. The van der Waals surface area contributed by atoms with Gasteiger partial charge in [-0.05, 0) is 25.1 Å². The van der Waals surface area contributed by atoms with E-state index in [9.17, 15) is 4.79 Å². The van der Waals surface area contributed by atoms with Crippen molar-refractivity contribution in [2.24, 2.45) is 0 Å². The zero-order chi connectivity index (χ0) is 12.5. The number of nitrogens with zero attached hydrogens (tertiary/aromatic N) is 1. The molecule has 18 heavy (non-hydrogen) atoms. The van der Waals surface area contributed by atoms with Gasteiger partial charge in [-0.15, -0.1) is 0 Å². The molecule has 0 aliphatic rings. The third-order valence-corrected chi connectivity index (χ3v) is 2.65. The number of carbonyl (C=O) groups excluding carboxylic acids is 1. The number of anilines is 1. The second-order valence-corrected chi connectivity index (χ2v) is 4.09. The normalized spacial score (nSPS) is 10.7. The van der Waals surface area contributed by atoms with E-state index in [0.717, 1.165) is 10.9 Å². The number of fused-ring (bicyclic) bond motifs is 1. The smallest absolute Gasteiger partial charge is 0.291 e. The highest BCUT2D eigenvalue weighted by molar-refractivity contribution is 6.04. The Hall–Kier alpha value is -2.56. The summed E-state index contributed by atoms with van der Waals surface area (Å²) in [6.07, 6.45) is 3.13. The van der Waals surface area contributed by atoms with Crippen molar-refractivity contribution >= 4 is 22.6 Å². The lowest BCUT2D eigenvalue weighted by Gasteiger charge is -1.97. The molecular formula is C13H11N3O2. The van der Waals surface area contributed by atoms with Gasteiger partial charge in [0.25, 0.3) is 5.91 Å². The number of amides is 1. The van der Waals surface area contributed by atoms with Gasteiger partial charge in [0.05, 0.1) is 11.9 Å². The summed E-state index contributed by atoms with van der Waals surface area (Å²) in [5, 5.41) is 9.99. The fourth-order valence-electron chi connectivity index (χ4n) is 1.79. The lowest BCUT2D eigenvalue weighted by Crippen LogP contribution is -2.09. The molecule has 0 saturated carbocycles. The SMILES string of the molecule is Cc1ccc2oc(C(=O)Nc3cn[nH]c3)cc2c1. The van der Waals surface area contributed by atoms with Gasteiger partial charge in [-0.2, -0.15) is 5.10 Å². The van der Waals surface area contributed by atoms with Crippen molar-refractivity contribution in [2.45, 2.75) is 6.92 Å². The molecule has 0 radical (unpaired) electrons. The van der Waals surface area contributed by atoms with Crippen LogP contribution in [0.5, 0.6) is 0 Å². The average molecular weight is 241 g/mol. The Bertz CT molecular complexity index is 698. The molecule has 3 rings (SSSR count). The Morgan fingerprint density at radius 3 is 3.06 bits per heavy atom. The first-order valence-corrected chi connectivity index (χ1v) is 5.53. The number of furan rings is 1. The van der Waals surface area contributed by atoms with Gasteiger partial charge in [-0.3, -0.25) is 9.89 Å². The van der Waals surface area contributed by atoms with Gasteiger partial charge < -0.3 is 9.73 Å². The van der Waals surface area contributed by atoms with Gasteiger partial charge >= 0.3 is 0 Å². The summed E-state index contributed by atoms with van der Waals surface area (Å²) in [7, 11) is 0. The first kappa shape index (κ1) is 10.6. The molecule has 5 heteroatoms. The fourth-order valence-corrected chi connectivity index (χ4v) is 1.79. The molecule has 2 aromatic heterocycles. The number of hydrogen-bond donors (Lipinski definition) is 2. The average Bonchev–Trinajstić information content (AvgIpc) is 2.96. The van der Waals surface area contributed by atoms with Crippen LogP contribution in [-0.2, 0) is 0 Å². The summed E-state index contributed by atoms with van der Waals surface area (Å²) in [5.74, 6) is 0.00190. The Morgan fingerprint density at radius 2 is 2.28 bits per heavy atom. The minimum atomic E-state index is -0.287. The Labute approximate surface area is 103 Å². The van der Waals surface area contributed by atoms with Gasteiger partial charge in [0.1, 0.15) is 5.58 Å². The first-order chi connectivity index (χ1) is 8.72. The van der Waals surface area contributed by atoms with E-state index in [4.69, 9.17) is 4.42 Å². The number of rotatable bonds is 2. The molecule has 0 fully saturated rings. The predicted octanol–water partition coefficient (Wildman–Crippen LogP) is 2.72. The predicted molar refractivity (Wildman–Crippen MR) is 67.5 cm³/mol. The molecule has 0 atom stereocenters. The maximum absolute atomic E-state index is 11.9. The van der Waals surface area contributed by atoms with Crippen LogP contribution in [0.1, 0.15) is 16.1 Å². The van der Waals surface area contributed by atoms with Crippen molar-refractivity contribution in [1.29, 1.82) is 0 Å². The first-order valence-electron chi connectivity index (χ1n) is 5.53. The molecule has 2 N–H and O–H groups in total. The minimum absolute atomic E-state index is 0.287. The molecule has 0 spiro atoms. The van der Waals surface area contributed by atoms with Crippen LogP contribution >= 0.6 is 0 Å². The van der Waals surface area contributed by atoms with Crippen molar-refractivity contribution in [3.8, 4) is 0 Å². The number of benzene rings is 1. The third-order valence-electron chi connectivity index (χ3n) is 2.65. The lowest BCUT2D eigenvalue weighted by atomic mass is 10.2. The standard InChI is InChI=1S/C13H11N3O2/c1-8-2-3-11-9(4-8)5-12(18-11)13(17)16-10-6-14-15-7-10/h2-7H,1H3,(H,14,15)(H,16,17). The molecule has 1 amide bonds. The second-order valence-electron chi connectivity index (χ2n) is 4.09. The van der Waals surface area contributed by atoms with E-state index < -0.39 is 0 Å². The molecule has 1 aromatic carbocycles. The van der Waals surface area contributed by atoms with E-state index in [1.54, 1.807) is 12.3 Å². The van der Waals surface area contributed by atoms with Crippen LogP contribution in [0.3, 0.4) is 0 Å². The molecule has 2 heterocycles. The zero-order valence-electron chi connectivity index (χ0n) is 9.73. The van der Waals surface area contributed by atoms with Gasteiger partial charge in [0.2, 0.25) is 0 Å². The van der Waals surface area contributed by atoms with Crippen molar-refractivity contribution in [3.63, 3.8) is 0 Å². The van der Waals surface area contributed by atoms with Gasteiger partial charge in [-0.1, -0.05) is 11.6 Å². The molecule has 0 aliphatic heterocycles. The monoisotopic (exact) mass is 241 g/mol. The van der Waals surface area contributed by atoms with Crippen molar-refractivity contribution in [2.75, 3.05) is 5.32 Å². The van der Waals surface area contributed by atoms with E-state index in [0.29, 0.717) is 11.3 Å². The molecule has 0 aliphatic carbocycles. The Morgan fingerprint density at radius 1 is 1.39 bits per heavy atom. The third kappa shape index (κ3) is 1.86. The number of aryl methyl sites for hydroxylation is 1. The van der Waals surface area contributed by atoms with E-state index in [2.05, 4.69) is 15.5 Å². The summed E-state index contributed by atoms with van der Waals surface area (Å²) in [4.78, 5) is 11.9. The molecule has 0 bridgehead atoms. The summed E-state index contributed by atoms with van der Waals surface area (Å²) in [6, 6.07) is 7.52. The van der Waals surface area contributed by atoms with Crippen molar-refractivity contribution in [1.82, 2.24) is 10.2 Å². The highest BCUT2D eigenvalue weighted by Crippen LogP contribution is 2.21. The largest absolute Gasteiger partial charge is 0.451 e. The molecule has 0 saturated heterocycles. The lowest BCUT2D eigenvalue weighted by molar-refractivity contribution is 0.0998. The van der Waals surface area contributed by atoms with E-state index in [-0.39, 0.29) is 11.7 Å². The van der Waals surface area contributed by atoms with Crippen LogP contribution in [-0.4, -0.2) is 16.1 Å². The topological polar surface area (TPSA) is 70.9 Å². The van der Waals surface area contributed by atoms with Crippen molar-refractivity contribution < 1.29 is 9.21 Å². The summed E-state index contributed by atoms with van der Waals surface area (Å²) in [6.45, 7) is 2.00. The number of carbonyl (C=O) groups is 1. The maximum Gasteiger partial charge on any atom is 0.291 e. The number of nitrogens with one attached hydrogen (secondary N) is 2. The highest BCUT2D eigenvalue weighted by Gasteiger charge is 2.12. The van der Waals surface area contributed by atoms with Crippen LogP contribution in [0.2, 0.25) is 0 Å². The highest BCUT2D eigenvalue weighted by atomic mass is 16.3. The number of aromatic amines is 1. The van der Waals surface area contributed by atoms with Gasteiger partial charge in [0.15, 0.2) is 5.76 Å². The fraction of sp³-hybridized carbons (Fsp3) is 0.0769. The second kappa shape index (κ2) is 4.03. The zero-order valence-corrected chi connectivity index (χ0v) is 9.73. The number of aromatic nitrogens is 2. The molecule has 3 aromatic rings. The van der Waals surface area contributed by atoms with Crippen molar-refractivity contribution in [3.05, 3.63) is 48.0 Å². The van der Waals surface area contributed by atoms with Crippen LogP contribution in [0.25, 0.3) is 11.0 Å². The van der Waals surface area contributed by atoms with Crippen LogP contribution < -0.4 is 5.32 Å². The molecule has 90 valence electrons. The maximum atomic E-state index is 11.9. The number of H-pyrrole nitrogens is 1. The molecular weight excluding hydrogens is 230 g/mol. The van der Waals surface area contributed by atoms with E-state index in [1.165, 1.54) is 6.20 Å². The van der Waals surface area contributed by atoms with Crippen LogP contribution in [0.4, 0.5) is 5.69 Å². The Kier molecular flexibility index (Phi) is 2.37. The van der Waals surface area contributed by atoms with Gasteiger partial charge in [-0.25, -0.2) is 0 Å². The number of hydrogen-bond acceptors (Lipinski definition) is 3. The van der Waals surface area contributed by atoms with Crippen LogP contribution in [0.15, 0.2) is 41.1 Å². The summed E-state index contributed by atoms with van der Waals surface area (Å²) >= 11 is 0. The molecule has 0 unspecified atom stereocenters. The summed E-state index contributed by atoms with van der Waals surface area (Å²) in [5.41, 5.74) is 2.44. The van der Waals surface area contributed by atoms with Gasteiger partial charge in [0, 0.05) is 11.6 Å². The quantitative estimate of drug-likeness (QED) is 0.724. The van der Waals surface area contributed by atoms with Crippen LogP contribution in [0, 0.1) is 6.92 Å². The summed E-state index contributed by atoms with van der Waals surface area (Å²) < 4.78 is 5.49. The van der Waals surface area contributed by atoms with E-state index in [1.807, 2.05) is 25.1 Å². The Balaban J connectivity index is 1.92.